The number of hydrogen-bond donors (Lipinski definition) is 1. The fraction of sp³-hybridized carbons (Fsp3) is 0.600. The second-order valence-electron chi connectivity index (χ2n) is 5.02. The predicted molar refractivity (Wildman–Crippen MR) is 73.1 cm³/mol. The second-order valence-corrected chi connectivity index (χ2v) is 5.02. The van der Waals surface area contributed by atoms with Crippen LogP contribution in [0, 0.1) is 12.8 Å². The molecular weight excluding hydrogens is 210 g/mol. The van der Waals surface area contributed by atoms with E-state index < -0.39 is 0 Å². The highest BCUT2D eigenvalue weighted by atomic mass is 16.5. The zero-order valence-electron chi connectivity index (χ0n) is 11.4. The van der Waals surface area contributed by atoms with E-state index in [0.29, 0.717) is 5.92 Å². The van der Waals surface area contributed by atoms with Crippen LogP contribution in [0.15, 0.2) is 24.3 Å². The van der Waals surface area contributed by atoms with Crippen molar-refractivity contribution in [2.24, 2.45) is 11.7 Å². The number of rotatable bonds is 6. The first kappa shape index (κ1) is 14.2. The Balaban J connectivity index is 2.66. The molecule has 0 aliphatic rings. The molecule has 2 heteroatoms. The summed E-state index contributed by atoms with van der Waals surface area (Å²) in [6, 6.07) is 8.59. The Labute approximate surface area is 105 Å². The van der Waals surface area contributed by atoms with Crippen LogP contribution in [0.25, 0.3) is 0 Å². The zero-order valence-corrected chi connectivity index (χ0v) is 11.4. The minimum atomic E-state index is 0.0664. The molecule has 0 aromatic heterocycles. The van der Waals surface area contributed by atoms with Crippen LogP contribution in [-0.2, 0) is 11.2 Å². The molecule has 2 nitrogen and oxygen atoms in total. The third kappa shape index (κ3) is 4.49. The molecule has 0 saturated carbocycles. The summed E-state index contributed by atoms with van der Waals surface area (Å²) in [5, 5.41) is 0. The number of hydrogen-bond acceptors (Lipinski definition) is 2. The predicted octanol–water partition coefficient (Wildman–Crippen LogP) is 2.93. The van der Waals surface area contributed by atoms with Crippen molar-refractivity contribution in [1.29, 1.82) is 0 Å². The molecule has 0 radical (unpaired) electrons. The molecule has 0 saturated heterocycles. The molecule has 2 unspecified atom stereocenters. The van der Waals surface area contributed by atoms with Crippen LogP contribution in [0.4, 0.5) is 0 Å². The first-order chi connectivity index (χ1) is 8.04. The van der Waals surface area contributed by atoms with Crippen LogP contribution in [-0.4, -0.2) is 18.8 Å². The van der Waals surface area contributed by atoms with Crippen LogP contribution in [0.2, 0.25) is 0 Å². The molecule has 17 heavy (non-hydrogen) atoms. The Morgan fingerprint density at radius 3 is 2.53 bits per heavy atom. The molecule has 1 rings (SSSR count). The van der Waals surface area contributed by atoms with Gasteiger partial charge >= 0.3 is 0 Å². The fourth-order valence-corrected chi connectivity index (χ4v) is 2.23. The van der Waals surface area contributed by atoms with E-state index in [1.54, 1.807) is 0 Å². The average molecular weight is 235 g/mol. The summed E-state index contributed by atoms with van der Waals surface area (Å²) >= 11 is 0. The van der Waals surface area contributed by atoms with Gasteiger partial charge in [0.1, 0.15) is 0 Å². The van der Waals surface area contributed by atoms with Crippen molar-refractivity contribution in [1.82, 2.24) is 0 Å². The summed E-state index contributed by atoms with van der Waals surface area (Å²) in [6.45, 7) is 9.18. The van der Waals surface area contributed by atoms with Gasteiger partial charge in [0.25, 0.3) is 0 Å². The molecule has 0 fully saturated rings. The zero-order chi connectivity index (χ0) is 12.8. The van der Waals surface area contributed by atoms with Gasteiger partial charge in [-0.2, -0.15) is 0 Å². The van der Waals surface area contributed by atoms with Crippen LogP contribution < -0.4 is 5.73 Å². The normalized spacial score (nSPS) is 14.9. The third-order valence-corrected chi connectivity index (χ3v) is 2.99. The van der Waals surface area contributed by atoms with E-state index in [1.807, 2.05) is 6.92 Å². The topological polar surface area (TPSA) is 35.2 Å². The Bertz CT molecular complexity index is 335. The van der Waals surface area contributed by atoms with Gasteiger partial charge in [0, 0.05) is 12.6 Å². The summed E-state index contributed by atoms with van der Waals surface area (Å²) in [5.41, 5.74) is 8.84. The summed E-state index contributed by atoms with van der Waals surface area (Å²) in [4.78, 5) is 0. The quantitative estimate of drug-likeness (QED) is 0.823. The molecule has 0 aliphatic carbocycles. The van der Waals surface area contributed by atoms with E-state index >= 15 is 0 Å². The summed E-state index contributed by atoms with van der Waals surface area (Å²) in [7, 11) is 0. The maximum atomic E-state index is 6.26. The summed E-state index contributed by atoms with van der Waals surface area (Å²) < 4.78 is 5.74. The van der Waals surface area contributed by atoms with Crippen molar-refractivity contribution >= 4 is 0 Å². The van der Waals surface area contributed by atoms with E-state index in [9.17, 15) is 0 Å². The van der Waals surface area contributed by atoms with Gasteiger partial charge in [-0.15, -0.1) is 0 Å². The third-order valence-electron chi connectivity index (χ3n) is 2.99. The van der Waals surface area contributed by atoms with E-state index in [4.69, 9.17) is 10.5 Å². The van der Waals surface area contributed by atoms with Crippen molar-refractivity contribution < 1.29 is 4.74 Å². The molecule has 96 valence electrons. The average Bonchev–Trinajstić information content (AvgIpc) is 2.25. The van der Waals surface area contributed by atoms with Crippen molar-refractivity contribution in [3.63, 3.8) is 0 Å². The molecule has 0 bridgehead atoms. The van der Waals surface area contributed by atoms with E-state index in [2.05, 4.69) is 45.0 Å². The standard InChI is InChI=1S/C15H25NO/c1-5-17-15(11(2)3)14(16)10-13-8-6-7-12(4)9-13/h6-9,11,14-15H,5,10,16H2,1-4H3. The molecular formula is C15H25NO. The van der Waals surface area contributed by atoms with Gasteiger partial charge in [0.15, 0.2) is 0 Å². The first-order valence-corrected chi connectivity index (χ1v) is 6.47. The Morgan fingerprint density at radius 2 is 2.00 bits per heavy atom. The minimum absolute atomic E-state index is 0.0664. The Hall–Kier alpha value is -0.860. The van der Waals surface area contributed by atoms with Gasteiger partial charge < -0.3 is 10.5 Å². The summed E-state index contributed by atoms with van der Waals surface area (Å²) in [6.07, 6.45) is 1.02. The van der Waals surface area contributed by atoms with Crippen molar-refractivity contribution in [2.75, 3.05) is 6.61 Å². The van der Waals surface area contributed by atoms with Crippen LogP contribution in [0.3, 0.4) is 0 Å². The number of nitrogens with two attached hydrogens (primary N) is 1. The van der Waals surface area contributed by atoms with E-state index in [-0.39, 0.29) is 12.1 Å². The van der Waals surface area contributed by atoms with Gasteiger partial charge in [-0.25, -0.2) is 0 Å². The van der Waals surface area contributed by atoms with E-state index in [1.165, 1.54) is 11.1 Å². The molecule has 0 spiro atoms. The van der Waals surface area contributed by atoms with Crippen molar-refractivity contribution in [3.05, 3.63) is 35.4 Å². The number of benzene rings is 1. The van der Waals surface area contributed by atoms with Crippen LogP contribution in [0.5, 0.6) is 0 Å². The number of aryl methyl sites for hydroxylation is 1. The van der Waals surface area contributed by atoms with Gasteiger partial charge in [0.2, 0.25) is 0 Å². The first-order valence-electron chi connectivity index (χ1n) is 6.47. The number of ether oxygens (including phenoxy) is 1. The smallest absolute Gasteiger partial charge is 0.0751 e. The SMILES string of the molecule is CCOC(C(C)C)C(N)Cc1cccc(C)c1. The molecule has 2 N–H and O–H groups in total. The van der Waals surface area contributed by atoms with Crippen molar-refractivity contribution in [3.8, 4) is 0 Å². The van der Waals surface area contributed by atoms with Crippen LogP contribution >= 0.6 is 0 Å². The van der Waals surface area contributed by atoms with Gasteiger partial charge in [-0.05, 0) is 31.7 Å². The second kappa shape index (κ2) is 6.77. The highest BCUT2D eigenvalue weighted by Gasteiger charge is 2.21. The molecule has 1 aromatic rings. The summed E-state index contributed by atoms with van der Waals surface area (Å²) in [5.74, 6) is 0.453. The molecule has 2 atom stereocenters. The fourth-order valence-electron chi connectivity index (χ4n) is 2.23. The molecule has 0 heterocycles. The lowest BCUT2D eigenvalue weighted by molar-refractivity contribution is 0.0128. The van der Waals surface area contributed by atoms with Gasteiger partial charge in [-0.3, -0.25) is 0 Å². The van der Waals surface area contributed by atoms with Crippen LogP contribution in [0.1, 0.15) is 31.9 Å². The molecule has 0 aliphatic heterocycles. The largest absolute Gasteiger partial charge is 0.377 e. The minimum Gasteiger partial charge on any atom is -0.377 e. The lowest BCUT2D eigenvalue weighted by Crippen LogP contribution is -2.42. The van der Waals surface area contributed by atoms with Gasteiger partial charge in [0.05, 0.1) is 6.10 Å². The highest BCUT2D eigenvalue weighted by Crippen LogP contribution is 2.14. The lowest BCUT2D eigenvalue weighted by Gasteiger charge is -2.27. The van der Waals surface area contributed by atoms with Gasteiger partial charge in [-0.1, -0.05) is 43.7 Å². The lowest BCUT2D eigenvalue weighted by atomic mass is 9.94. The molecule has 1 aromatic carbocycles. The van der Waals surface area contributed by atoms with E-state index in [0.717, 1.165) is 13.0 Å². The Kier molecular flexibility index (Phi) is 5.66. The Morgan fingerprint density at radius 1 is 1.29 bits per heavy atom. The monoisotopic (exact) mass is 235 g/mol. The highest BCUT2D eigenvalue weighted by molar-refractivity contribution is 5.23. The maximum absolute atomic E-state index is 6.26. The van der Waals surface area contributed by atoms with Crippen molar-refractivity contribution in [2.45, 2.75) is 46.3 Å². The maximum Gasteiger partial charge on any atom is 0.0751 e. The molecule has 0 amide bonds.